The van der Waals surface area contributed by atoms with Crippen LogP contribution < -0.4 is 9.58 Å². The monoisotopic (exact) mass is 915 g/mol. The van der Waals surface area contributed by atoms with E-state index in [1.165, 1.54) is 42.0 Å². The van der Waals surface area contributed by atoms with E-state index in [2.05, 4.69) is 147 Å². The van der Waals surface area contributed by atoms with Gasteiger partial charge in [0.2, 0.25) is 0 Å². The van der Waals surface area contributed by atoms with E-state index in [4.69, 9.17) is 4.98 Å². The summed E-state index contributed by atoms with van der Waals surface area (Å²) in [5.41, 5.74) is 8.27. The molecular formula is C43H44GeIrN2SSi-2. The SMILES string of the molecule is CC(C)c1ccnc(-c2[c-]ccc3c2sc2c(-c4ccccc4)[c]([Ge]([CH3])([CH3])[CH3])ccc23)c1.C[Si](C)(C)c1ccc(-c2[c-]cccc2)nc1.[Ir]. The van der Waals surface area contributed by atoms with Crippen molar-refractivity contribution in [3.63, 3.8) is 0 Å². The Morgan fingerprint density at radius 2 is 1.45 bits per heavy atom. The fourth-order valence-corrected chi connectivity index (χ4v) is 12.0. The molecule has 6 heteroatoms. The second-order valence-electron chi connectivity index (χ2n) is 14.8. The van der Waals surface area contributed by atoms with Crippen LogP contribution in [-0.2, 0) is 20.1 Å². The van der Waals surface area contributed by atoms with Crippen molar-refractivity contribution in [2.24, 2.45) is 0 Å². The zero-order valence-corrected chi connectivity index (χ0v) is 36.0. The maximum atomic E-state index is 4.73. The molecule has 0 bridgehead atoms. The smallest absolute Gasteiger partial charge is 0.0795 e. The first kappa shape index (κ1) is 37.1. The molecule has 2 nitrogen and oxygen atoms in total. The average Bonchev–Trinajstić information content (AvgIpc) is 3.47. The number of hydrogen-bond acceptors (Lipinski definition) is 3. The summed E-state index contributed by atoms with van der Waals surface area (Å²) in [6, 6.07) is 43.3. The maximum absolute atomic E-state index is 4.73. The van der Waals surface area contributed by atoms with E-state index in [9.17, 15) is 0 Å². The van der Waals surface area contributed by atoms with Crippen molar-refractivity contribution in [3.05, 3.63) is 133 Å². The van der Waals surface area contributed by atoms with Crippen LogP contribution in [0.1, 0.15) is 25.3 Å². The van der Waals surface area contributed by atoms with Gasteiger partial charge in [-0.25, -0.2) is 0 Å². The molecule has 7 aromatic rings. The molecule has 0 spiro atoms. The molecule has 3 heterocycles. The van der Waals surface area contributed by atoms with Crippen LogP contribution in [0.2, 0.25) is 36.9 Å². The Kier molecular flexibility index (Phi) is 11.6. The van der Waals surface area contributed by atoms with Gasteiger partial charge < -0.3 is 4.98 Å². The van der Waals surface area contributed by atoms with Gasteiger partial charge in [0, 0.05) is 26.3 Å². The summed E-state index contributed by atoms with van der Waals surface area (Å²) in [5.74, 6) is 7.94. The molecule has 49 heavy (non-hydrogen) atoms. The number of nitrogens with zero attached hydrogens (tertiary/aromatic N) is 2. The van der Waals surface area contributed by atoms with E-state index in [1.807, 2.05) is 48.0 Å². The van der Waals surface area contributed by atoms with Gasteiger partial charge in [0.25, 0.3) is 0 Å². The molecule has 3 aromatic heterocycles. The fraction of sp³-hybridized carbons (Fsp3) is 0.209. The first-order valence-corrected chi connectivity index (χ1v) is 28.4. The second-order valence-corrected chi connectivity index (χ2v) is 31.4. The molecule has 0 aliphatic rings. The second kappa shape index (κ2) is 15.4. The Hall–Kier alpha value is -3.19. The van der Waals surface area contributed by atoms with Crippen LogP contribution in [0.15, 0.2) is 116 Å². The first-order chi connectivity index (χ1) is 22.9. The van der Waals surface area contributed by atoms with E-state index < -0.39 is 21.3 Å². The van der Waals surface area contributed by atoms with E-state index >= 15 is 0 Å². The van der Waals surface area contributed by atoms with Gasteiger partial charge in [-0.15, -0.1) is 35.9 Å². The molecule has 0 saturated heterocycles. The summed E-state index contributed by atoms with van der Waals surface area (Å²) in [4.78, 5) is 9.25. The molecule has 7 rings (SSSR count). The Bertz CT molecular complexity index is 2170. The van der Waals surface area contributed by atoms with E-state index in [-0.39, 0.29) is 20.1 Å². The summed E-state index contributed by atoms with van der Waals surface area (Å²) >= 11 is -0.187. The van der Waals surface area contributed by atoms with Crippen LogP contribution in [0.4, 0.5) is 0 Å². The van der Waals surface area contributed by atoms with Crippen molar-refractivity contribution in [3.8, 4) is 33.6 Å². The Morgan fingerprint density at radius 3 is 2.08 bits per heavy atom. The van der Waals surface area contributed by atoms with Crippen LogP contribution in [0.5, 0.6) is 0 Å². The van der Waals surface area contributed by atoms with E-state index in [1.54, 1.807) is 4.40 Å². The third-order valence-corrected chi connectivity index (χ3v) is 16.3. The van der Waals surface area contributed by atoms with Crippen LogP contribution in [0.25, 0.3) is 53.8 Å². The molecule has 1 radical (unpaired) electrons. The number of aromatic nitrogens is 2. The molecule has 0 fully saturated rings. The van der Waals surface area contributed by atoms with Gasteiger partial charge in [0.05, 0.1) is 8.07 Å². The van der Waals surface area contributed by atoms with Gasteiger partial charge in [0.1, 0.15) is 0 Å². The number of pyridine rings is 2. The first-order valence-electron chi connectivity index (χ1n) is 16.8. The maximum Gasteiger partial charge on any atom is 0.0795 e. The summed E-state index contributed by atoms with van der Waals surface area (Å²) in [6.07, 6.45) is 3.95. The molecule has 4 aromatic carbocycles. The van der Waals surface area contributed by atoms with Crippen molar-refractivity contribution in [2.45, 2.75) is 56.7 Å². The Balaban J connectivity index is 0.000000233. The third-order valence-electron chi connectivity index (χ3n) is 8.79. The minimum atomic E-state index is -2.09. The summed E-state index contributed by atoms with van der Waals surface area (Å²) in [7, 11) is -1.23. The predicted molar refractivity (Wildman–Crippen MR) is 215 cm³/mol. The van der Waals surface area contributed by atoms with Crippen LogP contribution in [0.3, 0.4) is 0 Å². The van der Waals surface area contributed by atoms with E-state index in [0.717, 1.165) is 22.5 Å². The average molecular weight is 914 g/mol. The quantitative estimate of drug-likeness (QED) is 0.123. The summed E-state index contributed by atoms with van der Waals surface area (Å²) in [5, 5.41) is 4.04. The van der Waals surface area contributed by atoms with E-state index in [0.29, 0.717) is 5.92 Å². The molecule has 0 saturated carbocycles. The van der Waals surface area contributed by atoms with Crippen LogP contribution in [0, 0.1) is 12.1 Å². The number of hydrogen-bond donors (Lipinski definition) is 0. The third kappa shape index (κ3) is 8.24. The number of thiophene rings is 1. The number of benzene rings is 4. The molecule has 251 valence electrons. The number of fused-ring (bicyclic) bond motifs is 3. The van der Waals surface area contributed by atoms with Crippen molar-refractivity contribution >= 4 is 62.4 Å². The summed E-state index contributed by atoms with van der Waals surface area (Å²) < 4.78 is 4.25. The molecule has 0 amide bonds. The van der Waals surface area contributed by atoms with Gasteiger partial charge in [-0.05, 0) is 10.9 Å². The molecule has 0 unspecified atom stereocenters. The standard InChI is InChI=1S/C29H28GeNS.C14H16NSi.Ir/c1-19(2)21-16-17-31-26(18-21)24-13-9-12-22-23-14-15-25(30(3,4)5)27(29(23)32-28(22)24)20-10-7-6-8-11-20;1-16(2,3)13-9-10-14(15-11-13)12-7-5-4-6-8-12;/h6-12,14-19H,1-5H3;4-7,9-11H,1-3H3;/q2*-1;. The topological polar surface area (TPSA) is 25.8 Å². The molecule has 0 aliphatic carbocycles. The van der Waals surface area contributed by atoms with Gasteiger partial charge >= 0.3 is 198 Å². The Morgan fingerprint density at radius 1 is 0.714 bits per heavy atom. The van der Waals surface area contributed by atoms with Crippen molar-refractivity contribution in [1.82, 2.24) is 9.97 Å². The van der Waals surface area contributed by atoms with Gasteiger partial charge in [-0.1, -0.05) is 31.8 Å². The Labute approximate surface area is 313 Å². The molecule has 0 atom stereocenters. The molecule has 0 N–H and O–H groups in total. The normalized spacial score (nSPS) is 11.7. The summed E-state index contributed by atoms with van der Waals surface area (Å²) in [6.45, 7) is 11.5. The molecule has 0 aliphatic heterocycles. The fourth-order valence-electron chi connectivity index (χ4n) is 6.00. The zero-order valence-electron chi connectivity index (χ0n) is 29.7. The largest absolute Gasteiger partial charge is 0.305 e. The zero-order chi connectivity index (χ0) is 34.1. The van der Waals surface area contributed by atoms with Crippen molar-refractivity contribution in [2.75, 3.05) is 0 Å². The predicted octanol–water partition coefficient (Wildman–Crippen LogP) is 11.3. The van der Waals surface area contributed by atoms with Crippen LogP contribution >= 0.6 is 11.3 Å². The minimum absolute atomic E-state index is 0. The van der Waals surface area contributed by atoms with Gasteiger partial charge in [-0.2, -0.15) is 0 Å². The number of rotatable bonds is 6. The minimum Gasteiger partial charge on any atom is -0.305 e. The van der Waals surface area contributed by atoms with Gasteiger partial charge in [0.15, 0.2) is 0 Å². The molecular weight excluding hydrogens is 869 g/mol. The van der Waals surface area contributed by atoms with Crippen molar-refractivity contribution < 1.29 is 20.1 Å². The van der Waals surface area contributed by atoms with Gasteiger partial charge in [-0.3, -0.25) is 0 Å². The van der Waals surface area contributed by atoms with Crippen molar-refractivity contribution in [1.29, 1.82) is 0 Å². The van der Waals surface area contributed by atoms with Crippen LogP contribution in [-0.4, -0.2) is 31.3 Å².